The monoisotopic (exact) mass is 399 g/mol. The third-order valence-electron chi connectivity index (χ3n) is 5.55. The summed E-state index contributed by atoms with van der Waals surface area (Å²) in [5.74, 6) is -0.472. The van der Waals surface area contributed by atoms with E-state index in [9.17, 15) is 9.59 Å². The quantitative estimate of drug-likeness (QED) is 0.613. The first kappa shape index (κ1) is 14.8. The number of halogens is 1. The molecular formula is C16H18INO3. The number of hydrogen-bond donors (Lipinski definition) is 1. The lowest BCUT2D eigenvalue weighted by Crippen LogP contribution is -2.50. The maximum atomic E-state index is 12.8. The van der Waals surface area contributed by atoms with Crippen molar-refractivity contribution in [3.8, 4) is 0 Å². The highest BCUT2D eigenvalue weighted by atomic mass is 127. The van der Waals surface area contributed by atoms with Gasteiger partial charge >= 0.3 is 5.97 Å². The molecule has 112 valence electrons. The Morgan fingerprint density at radius 3 is 2.29 bits per heavy atom. The minimum Gasteiger partial charge on any atom is -0.448 e. The number of carbonyl (C=O) groups excluding carboxylic acids is 2. The molecule has 2 atom stereocenters. The first-order valence-electron chi connectivity index (χ1n) is 7.03. The van der Waals surface area contributed by atoms with Crippen molar-refractivity contribution in [2.24, 2.45) is 10.8 Å². The molecule has 3 rings (SSSR count). The average molecular weight is 399 g/mol. The third-order valence-corrected chi connectivity index (χ3v) is 6.27. The number of ether oxygens (including phenoxy) is 1. The van der Waals surface area contributed by atoms with E-state index in [1.54, 1.807) is 0 Å². The van der Waals surface area contributed by atoms with Gasteiger partial charge in [0, 0.05) is 14.7 Å². The van der Waals surface area contributed by atoms with Crippen LogP contribution in [0, 0.1) is 14.4 Å². The van der Waals surface area contributed by atoms with Gasteiger partial charge in [-0.1, -0.05) is 13.8 Å². The van der Waals surface area contributed by atoms with Crippen LogP contribution in [-0.2, 0) is 14.3 Å². The molecule has 2 fully saturated rings. The van der Waals surface area contributed by atoms with Crippen molar-refractivity contribution >= 4 is 40.2 Å². The van der Waals surface area contributed by atoms with Gasteiger partial charge in [0.05, 0.1) is 5.41 Å². The minimum absolute atomic E-state index is 0.219. The van der Waals surface area contributed by atoms with Gasteiger partial charge in [-0.15, -0.1) is 0 Å². The smallest absolute Gasteiger partial charge is 0.313 e. The summed E-state index contributed by atoms with van der Waals surface area (Å²) in [5, 5.41) is 2.90. The number of hydrogen-bond acceptors (Lipinski definition) is 3. The fraction of sp³-hybridized carbons (Fsp3) is 0.500. The number of fused-ring (bicyclic) bond motifs is 2. The van der Waals surface area contributed by atoms with Gasteiger partial charge in [0.1, 0.15) is 0 Å². The Balaban J connectivity index is 1.91. The van der Waals surface area contributed by atoms with E-state index in [1.807, 2.05) is 45.0 Å². The van der Waals surface area contributed by atoms with E-state index < -0.39 is 16.4 Å². The van der Waals surface area contributed by atoms with Crippen LogP contribution in [0.25, 0.3) is 0 Å². The van der Waals surface area contributed by atoms with E-state index >= 15 is 0 Å². The van der Waals surface area contributed by atoms with Gasteiger partial charge in [0.2, 0.25) is 0 Å². The molecule has 2 bridgehead atoms. The van der Waals surface area contributed by atoms with Crippen molar-refractivity contribution in [2.75, 3.05) is 5.32 Å². The highest BCUT2D eigenvalue weighted by Gasteiger charge is 2.75. The van der Waals surface area contributed by atoms with E-state index in [4.69, 9.17) is 4.74 Å². The second-order valence-corrected chi connectivity index (χ2v) is 7.88. The average Bonchev–Trinajstić information content (AvgIpc) is 2.72. The van der Waals surface area contributed by atoms with E-state index in [0.717, 1.165) is 9.26 Å². The first-order chi connectivity index (χ1) is 9.73. The molecule has 21 heavy (non-hydrogen) atoms. The van der Waals surface area contributed by atoms with Crippen LogP contribution in [0.5, 0.6) is 0 Å². The molecule has 1 saturated carbocycles. The highest BCUT2D eigenvalue weighted by Crippen LogP contribution is 2.65. The SMILES string of the molecule is CC1(C)[C@@]2(C(=O)Nc3ccc(I)cc3)CC[C@]1(C)C(=O)O2. The third kappa shape index (κ3) is 1.79. The van der Waals surface area contributed by atoms with Crippen LogP contribution in [0.4, 0.5) is 5.69 Å². The number of anilines is 1. The summed E-state index contributed by atoms with van der Waals surface area (Å²) in [6, 6.07) is 7.57. The standard InChI is InChI=1S/C16H18INO3/c1-14(2)15(3)8-9-16(14,21-13(15)20)12(19)18-11-6-4-10(17)5-7-11/h4-7H,8-9H2,1-3H3,(H,18,19)/t15-,16+/m1/s1. The molecule has 1 heterocycles. The number of rotatable bonds is 2. The number of nitrogens with one attached hydrogen (secondary N) is 1. The largest absolute Gasteiger partial charge is 0.448 e. The fourth-order valence-corrected chi connectivity index (χ4v) is 3.87. The molecule has 1 aliphatic carbocycles. The Bertz CT molecular complexity index is 625. The molecule has 1 N–H and O–H groups in total. The molecule has 1 aromatic rings. The van der Waals surface area contributed by atoms with Gasteiger partial charge in [-0.3, -0.25) is 9.59 Å². The van der Waals surface area contributed by atoms with Crippen molar-refractivity contribution in [2.45, 2.75) is 39.2 Å². The van der Waals surface area contributed by atoms with E-state index in [2.05, 4.69) is 27.9 Å². The second kappa shape index (κ2) is 4.44. The summed E-state index contributed by atoms with van der Waals surface area (Å²) in [4.78, 5) is 25.0. The first-order valence-corrected chi connectivity index (χ1v) is 8.11. The minimum atomic E-state index is -1.05. The topological polar surface area (TPSA) is 55.4 Å². The zero-order valence-corrected chi connectivity index (χ0v) is 14.5. The molecule has 1 amide bonds. The number of esters is 1. The van der Waals surface area contributed by atoms with Crippen molar-refractivity contribution in [1.82, 2.24) is 0 Å². The van der Waals surface area contributed by atoms with Crippen LogP contribution in [0.2, 0.25) is 0 Å². The molecule has 1 saturated heterocycles. The van der Waals surface area contributed by atoms with Crippen LogP contribution in [0.15, 0.2) is 24.3 Å². The molecule has 0 unspecified atom stereocenters. The van der Waals surface area contributed by atoms with Crippen molar-refractivity contribution in [3.63, 3.8) is 0 Å². The molecule has 1 aliphatic heterocycles. The Kier molecular flexibility index (Phi) is 3.13. The Hall–Kier alpha value is -1.11. The Morgan fingerprint density at radius 1 is 1.19 bits per heavy atom. The second-order valence-electron chi connectivity index (χ2n) is 6.63. The van der Waals surface area contributed by atoms with E-state index in [1.165, 1.54) is 0 Å². The number of amides is 1. The molecular weight excluding hydrogens is 381 g/mol. The summed E-state index contributed by atoms with van der Waals surface area (Å²) in [7, 11) is 0. The lowest BCUT2D eigenvalue weighted by atomic mass is 9.66. The zero-order chi connectivity index (χ0) is 15.5. The normalized spacial score (nSPS) is 32.9. The Labute approximate surface area is 137 Å². The molecule has 5 heteroatoms. The summed E-state index contributed by atoms with van der Waals surface area (Å²) in [6.07, 6.45) is 1.28. The van der Waals surface area contributed by atoms with Crippen LogP contribution < -0.4 is 5.32 Å². The molecule has 0 aromatic heterocycles. The van der Waals surface area contributed by atoms with E-state index in [0.29, 0.717) is 12.8 Å². The van der Waals surface area contributed by atoms with Crippen LogP contribution >= 0.6 is 22.6 Å². The highest BCUT2D eigenvalue weighted by molar-refractivity contribution is 14.1. The van der Waals surface area contributed by atoms with Gasteiger partial charge in [-0.25, -0.2) is 0 Å². The number of carbonyl (C=O) groups is 2. The summed E-state index contributed by atoms with van der Waals surface area (Å²) >= 11 is 2.21. The van der Waals surface area contributed by atoms with Gasteiger partial charge in [0.15, 0.2) is 5.60 Å². The molecule has 0 radical (unpaired) electrons. The van der Waals surface area contributed by atoms with Crippen LogP contribution in [0.1, 0.15) is 33.6 Å². The summed E-state index contributed by atoms with van der Waals surface area (Å²) in [5.41, 5.74) is -1.41. The van der Waals surface area contributed by atoms with E-state index in [-0.39, 0.29) is 11.9 Å². The summed E-state index contributed by atoms with van der Waals surface area (Å²) < 4.78 is 6.67. The Morgan fingerprint density at radius 2 is 1.81 bits per heavy atom. The zero-order valence-electron chi connectivity index (χ0n) is 12.3. The lowest BCUT2D eigenvalue weighted by molar-refractivity contribution is -0.165. The maximum absolute atomic E-state index is 12.8. The maximum Gasteiger partial charge on any atom is 0.313 e. The van der Waals surface area contributed by atoms with Crippen molar-refractivity contribution < 1.29 is 14.3 Å². The van der Waals surface area contributed by atoms with Crippen molar-refractivity contribution in [3.05, 3.63) is 27.8 Å². The predicted octanol–water partition coefficient (Wildman–Crippen LogP) is 3.35. The van der Waals surface area contributed by atoms with Crippen LogP contribution in [-0.4, -0.2) is 17.5 Å². The van der Waals surface area contributed by atoms with Gasteiger partial charge in [-0.2, -0.15) is 0 Å². The summed E-state index contributed by atoms with van der Waals surface area (Å²) in [6.45, 7) is 5.82. The fourth-order valence-electron chi connectivity index (χ4n) is 3.51. The molecule has 0 spiro atoms. The van der Waals surface area contributed by atoms with Crippen molar-refractivity contribution in [1.29, 1.82) is 0 Å². The molecule has 1 aromatic carbocycles. The van der Waals surface area contributed by atoms with Crippen LogP contribution in [0.3, 0.4) is 0 Å². The van der Waals surface area contributed by atoms with Gasteiger partial charge in [-0.05, 0) is 66.6 Å². The molecule has 2 aliphatic rings. The molecule has 4 nitrogen and oxygen atoms in total. The van der Waals surface area contributed by atoms with Gasteiger partial charge < -0.3 is 10.1 Å². The predicted molar refractivity (Wildman–Crippen MR) is 87.7 cm³/mol. The lowest BCUT2D eigenvalue weighted by Gasteiger charge is -2.35. The van der Waals surface area contributed by atoms with Gasteiger partial charge in [0.25, 0.3) is 5.91 Å². The number of benzene rings is 1.